The van der Waals surface area contributed by atoms with Crippen LogP contribution in [0.15, 0.2) is 60.7 Å². The molecular weight excluding hydrogens is 363 g/mol. The van der Waals surface area contributed by atoms with Crippen LogP contribution in [-0.4, -0.2) is 24.8 Å². The van der Waals surface area contributed by atoms with Gasteiger partial charge in [0.15, 0.2) is 6.61 Å². The zero-order chi connectivity index (χ0) is 19.7. The Morgan fingerprint density at radius 1 is 0.926 bits per heavy atom. The average molecular weight is 381 g/mol. The van der Waals surface area contributed by atoms with Crippen molar-refractivity contribution in [3.8, 4) is 0 Å². The van der Waals surface area contributed by atoms with Gasteiger partial charge in [-0.2, -0.15) is 13.2 Å². The van der Waals surface area contributed by atoms with Crippen LogP contribution in [0, 0.1) is 0 Å². The Kier molecular flexibility index (Phi) is 7.22. The molecule has 0 aliphatic carbocycles. The zero-order valence-corrected chi connectivity index (χ0v) is 14.2. The van der Waals surface area contributed by atoms with Gasteiger partial charge in [0.05, 0.1) is 12.5 Å². The molecular formula is C19H18F3NO4. The summed E-state index contributed by atoms with van der Waals surface area (Å²) < 4.78 is 45.9. The van der Waals surface area contributed by atoms with E-state index in [0.29, 0.717) is 5.56 Å². The monoisotopic (exact) mass is 381 g/mol. The van der Waals surface area contributed by atoms with E-state index in [1.165, 1.54) is 0 Å². The third-order valence-corrected chi connectivity index (χ3v) is 3.47. The van der Waals surface area contributed by atoms with Gasteiger partial charge in [-0.3, -0.25) is 4.79 Å². The predicted octanol–water partition coefficient (Wildman–Crippen LogP) is 4.15. The van der Waals surface area contributed by atoms with E-state index in [-0.39, 0.29) is 6.61 Å². The molecule has 2 aromatic rings. The van der Waals surface area contributed by atoms with Crippen molar-refractivity contribution < 1.29 is 32.2 Å². The Morgan fingerprint density at radius 2 is 1.52 bits per heavy atom. The SMILES string of the molecule is O=C(C[C@@H](NC(=O)OCc1ccccc1)c1ccccc1)OCC(F)(F)F. The van der Waals surface area contributed by atoms with E-state index in [2.05, 4.69) is 10.1 Å². The summed E-state index contributed by atoms with van der Waals surface area (Å²) in [6, 6.07) is 16.4. The lowest BCUT2D eigenvalue weighted by Crippen LogP contribution is -2.31. The third-order valence-electron chi connectivity index (χ3n) is 3.47. The molecule has 8 heteroatoms. The molecule has 0 radical (unpaired) electrons. The minimum Gasteiger partial charge on any atom is -0.456 e. The molecule has 0 unspecified atom stereocenters. The smallest absolute Gasteiger partial charge is 0.422 e. The van der Waals surface area contributed by atoms with Gasteiger partial charge in [-0.25, -0.2) is 4.79 Å². The quantitative estimate of drug-likeness (QED) is 0.732. The van der Waals surface area contributed by atoms with Gasteiger partial charge in [0, 0.05) is 0 Å². The number of nitrogens with one attached hydrogen (secondary N) is 1. The highest BCUT2D eigenvalue weighted by molar-refractivity contribution is 5.73. The van der Waals surface area contributed by atoms with Crippen LogP contribution >= 0.6 is 0 Å². The van der Waals surface area contributed by atoms with Crippen molar-refractivity contribution in [2.45, 2.75) is 25.2 Å². The molecule has 1 N–H and O–H groups in total. The summed E-state index contributed by atoms with van der Waals surface area (Å²) in [6.45, 7) is -1.65. The molecule has 0 heterocycles. The maximum Gasteiger partial charge on any atom is 0.422 e. The molecule has 0 bridgehead atoms. The predicted molar refractivity (Wildman–Crippen MR) is 90.6 cm³/mol. The minimum atomic E-state index is -4.61. The summed E-state index contributed by atoms with van der Waals surface area (Å²) in [5.74, 6) is -1.08. The number of rotatable bonds is 7. The maximum atomic E-state index is 12.2. The molecule has 1 atom stereocenters. The normalized spacial score (nSPS) is 12.1. The number of esters is 1. The number of benzene rings is 2. The number of carbonyl (C=O) groups is 2. The van der Waals surface area contributed by atoms with Gasteiger partial charge in [-0.1, -0.05) is 60.7 Å². The van der Waals surface area contributed by atoms with Crippen LogP contribution in [0.4, 0.5) is 18.0 Å². The van der Waals surface area contributed by atoms with Gasteiger partial charge in [0.2, 0.25) is 0 Å². The fourth-order valence-electron chi connectivity index (χ4n) is 2.23. The number of alkyl halides is 3. The van der Waals surface area contributed by atoms with E-state index in [9.17, 15) is 22.8 Å². The van der Waals surface area contributed by atoms with Crippen LogP contribution in [0.5, 0.6) is 0 Å². The number of hydrogen-bond donors (Lipinski definition) is 1. The highest BCUT2D eigenvalue weighted by Gasteiger charge is 2.30. The average Bonchev–Trinajstić information content (AvgIpc) is 2.65. The second-order valence-corrected chi connectivity index (χ2v) is 5.65. The van der Waals surface area contributed by atoms with Crippen molar-refractivity contribution in [3.63, 3.8) is 0 Å². The summed E-state index contributed by atoms with van der Waals surface area (Å²) in [6.07, 6.45) is -5.86. The molecule has 5 nitrogen and oxygen atoms in total. The van der Waals surface area contributed by atoms with Crippen LogP contribution < -0.4 is 5.32 Å². The number of amides is 1. The third kappa shape index (κ3) is 7.81. The van der Waals surface area contributed by atoms with Gasteiger partial charge in [0.1, 0.15) is 6.61 Å². The molecule has 0 aliphatic rings. The first-order valence-corrected chi connectivity index (χ1v) is 8.08. The Balaban J connectivity index is 1.96. The van der Waals surface area contributed by atoms with Gasteiger partial charge in [-0.05, 0) is 11.1 Å². The van der Waals surface area contributed by atoms with E-state index < -0.39 is 37.3 Å². The summed E-state index contributed by atoms with van der Waals surface area (Å²) in [5.41, 5.74) is 1.31. The van der Waals surface area contributed by atoms with Crippen LogP contribution in [0.25, 0.3) is 0 Å². The number of hydrogen-bond acceptors (Lipinski definition) is 4. The highest BCUT2D eigenvalue weighted by Crippen LogP contribution is 2.20. The first-order chi connectivity index (χ1) is 12.8. The van der Waals surface area contributed by atoms with Crippen molar-refractivity contribution in [1.29, 1.82) is 0 Å². The molecule has 2 rings (SSSR count). The van der Waals surface area contributed by atoms with Crippen LogP contribution in [0.2, 0.25) is 0 Å². The number of ether oxygens (including phenoxy) is 2. The van der Waals surface area contributed by atoms with E-state index in [1.54, 1.807) is 54.6 Å². The standard InChI is InChI=1S/C19H18F3NO4/c20-19(21,22)13-27-17(24)11-16(15-9-5-2-6-10-15)23-18(25)26-12-14-7-3-1-4-8-14/h1-10,16H,11-13H2,(H,23,25)/t16-/m1/s1. The summed E-state index contributed by atoms with van der Waals surface area (Å²) in [7, 11) is 0. The number of carbonyl (C=O) groups excluding carboxylic acids is 2. The van der Waals surface area contributed by atoms with Gasteiger partial charge in [-0.15, -0.1) is 0 Å². The molecule has 0 aliphatic heterocycles. The fraction of sp³-hybridized carbons (Fsp3) is 0.263. The topological polar surface area (TPSA) is 64.6 Å². The molecule has 2 aromatic carbocycles. The molecule has 0 fully saturated rings. The second-order valence-electron chi connectivity index (χ2n) is 5.65. The van der Waals surface area contributed by atoms with Crippen molar-refractivity contribution >= 4 is 12.1 Å². The summed E-state index contributed by atoms with van der Waals surface area (Å²) in [5, 5.41) is 2.49. The van der Waals surface area contributed by atoms with E-state index >= 15 is 0 Å². The molecule has 0 spiro atoms. The van der Waals surface area contributed by atoms with Gasteiger partial charge >= 0.3 is 18.2 Å². The molecule has 0 saturated heterocycles. The Bertz CT molecular complexity index is 736. The first kappa shape index (κ1) is 20.3. The number of alkyl carbamates (subject to hydrolysis) is 1. The van der Waals surface area contributed by atoms with Crippen molar-refractivity contribution in [1.82, 2.24) is 5.32 Å². The van der Waals surface area contributed by atoms with Crippen molar-refractivity contribution in [2.75, 3.05) is 6.61 Å². The highest BCUT2D eigenvalue weighted by atomic mass is 19.4. The summed E-state index contributed by atoms with van der Waals surface area (Å²) >= 11 is 0. The Labute approximate surface area is 154 Å². The van der Waals surface area contributed by atoms with Crippen LogP contribution in [0.1, 0.15) is 23.6 Å². The first-order valence-electron chi connectivity index (χ1n) is 8.08. The van der Waals surface area contributed by atoms with Crippen molar-refractivity contribution in [3.05, 3.63) is 71.8 Å². The van der Waals surface area contributed by atoms with Crippen LogP contribution in [0.3, 0.4) is 0 Å². The van der Waals surface area contributed by atoms with Gasteiger partial charge < -0.3 is 14.8 Å². The van der Waals surface area contributed by atoms with Gasteiger partial charge in [0.25, 0.3) is 0 Å². The molecule has 27 heavy (non-hydrogen) atoms. The van der Waals surface area contributed by atoms with E-state index in [0.717, 1.165) is 5.56 Å². The lowest BCUT2D eigenvalue weighted by molar-refractivity contribution is -0.186. The molecule has 144 valence electrons. The van der Waals surface area contributed by atoms with Crippen molar-refractivity contribution in [2.24, 2.45) is 0 Å². The Hall–Kier alpha value is -3.03. The molecule has 0 saturated carbocycles. The molecule has 0 aromatic heterocycles. The largest absolute Gasteiger partial charge is 0.456 e. The Morgan fingerprint density at radius 3 is 2.11 bits per heavy atom. The fourth-order valence-corrected chi connectivity index (χ4v) is 2.23. The zero-order valence-electron chi connectivity index (χ0n) is 14.2. The lowest BCUT2D eigenvalue weighted by Gasteiger charge is -2.19. The second kappa shape index (κ2) is 9.61. The van der Waals surface area contributed by atoms with Crippen LogP contribution in [-0.2, 0) is 20.9 Å². The lowest BCUT2D eigenvalue weighted by atomic mass is 10.0. The summed E-state index contributed by atoms with van der Waals surface area (Å²) in [4.78, 5) is 23.8. The molecule has 1 amide bonds. The number of halogens is 3. The maximum absolute atomic E-state index is 12.2. The van der Waals surface area contributed by atoms with E-state index in [1.807, 2.05) is 6.07 Å². The minimum absolute atomic E-state index is 0.0205. The van der Waals surface area contributed by atoms with E-state index in [4.69, 9.17) is 4.74 Å².